The molecular formula is C21H22N2O3. The van der Waals surface area contributed by atoms with Crippen LogP contribution in [0.4, 0.5) is 11.4 Å². The maximum atomic E-state index is 12.6. The number of benzene rings is 2. The van der Waals surface area contributed by atoms with E-state index in [0.29, 0.717) is 18.7 Å². The first-order valence-corrected chi connectivity index (χ1v) is 9.12. The first-order valence-electron chi connectivity index (χ1n) is 9.12. The number of anilines is 2. The van der Waals surface area contributed by atoms with E-state index in [1.165, 1.54) is 0 Å². The minimum absolute atomic E-state index is 0.0863. The van der Waals surface area contributed by atoms with Crippen molar-refractivity contribution >= 4 is 23.6 Å². The van der Waals surface area contributed by atoms with Gasteiger partial charge in [0.25, 0.3) is 5.91 Å². The molecule has 134 valence electrons. The average molecular weight is 350 g/mol. The lowest BCUT2D eigenvalue weighted by molar-refractivity contribution is -0.107. The third-order valence-corrected chi connectivity index (χ3v) is 5.01. The van der Waals surface area contributed by atoms with E-state index in [1.54, 1.807) is 0 Å². The Labute approximate surface area is 153 Å². The maximum absolute atomic E-state index is 12.6. The van der Waals surface area contributed by atoms with Crippen molar-refractivity contribution in [3.8, 4) is 5.75 Å². The third-order valence-electron chi connectivity index (χ3n) is 5.01. The van der Waals surface area contributed by atoms with Crippen LogP contribution in [0.25, 0.3) is 0 Å². The minimum atomic E-state index is 0.0863. The van der Waals surface area contributed by atoms with Crippen LogP contribution >= 0.6 is 0 Å². The van der Waals surface area contributed by atoms with Crippen molar-refractivity contribution in [2.24, 2.45) is 0 Å². The minimum Gasteiger partial charge on any atom is -0.471 e. The van der Waals surface area contributed by atoms with E-state index in [-0.39, 0.29) is 5.91 Å². The van der Waals surface area contributed by atoms with Gasteiger partial charge in [-0.05, 0) is 55.2 Å². The molecular weight excluding hydrogens is 328 g/mol. The van der Waals surface area contributed by atoms with Crippen molar-refractivity contribution < 1.29 is 14.3 Å². The largest absolute Gasteiger partial charge is 0.471 e. The molecule has 2 aromatic rings. The number of nitrogens with zero attached hydrogens (tertiary/aromatic N) is 2. The first kappa shape index (κ1) is 16.6. The topological polar surface area (TPSA) is 49.9 Å². The first-order chi connectivity index (χ1) is 12.8. The molecule has 2 aliphatic rings. The number of carbonyl (C=O) groups is 2. The van der Waals surface area contributed by atoms with Gasteiger partial charge in [-0.15, -0.1) is 0 Å². The number of hydrogen-bond acceptors (Lipinski definition) is 4. The molecule has 0 aliphatic carbocycles. The standard InChI is InChI=1S/C21H22N2O3/c24-12-4-6-16-5-3-7-18(13-16)23-15-26-20-14-17(8-9-19(20)23)21(25)22-10-1-2-11-22/h3,5,7-9,12-14H,1-2,4,6,10-11,15H2. The lowest BCUT2D eigenvalue weighted by Crippen LogP contribution is -2.27. The van der Waals surface area contributed by atoms with Gasteiger partial charge in [0.1, 0.15) is 12.0 Å². The second kappa shape index (κ2) is 7.20. The SMILES string of the molecule is O=CCCc1cccc(N2COc3cc(C(=O)N4CCCC4)ccc32)c1. The van der Waals surface area contributed by atoms with E-state index in [4.69, 9.17) is 4.74 Å². The number of carbonyl (C=O) groups excluding carboxylic acids is 2. The average Bonchev–Trinajstić information content (AvgIpc) is 3.35. The second-order valence-electron chi connectivity index (χ2n) is 6.76. The normalized spacial score (nSPS) is 15.7. The van der Waals surface area contributed by atoms with E-state index >= 15 is 0 Å². The Morgan fingerprint density at radius 2 is 1.96 bits per heavy atom. The van der Waals surface area contributed by atoms with Crippen molar-refractivity contribution in [2.75, 3.05) is 24.7 Å². The number of aryl methyl sites for hydroxylation is 1. The Kier molecular flexibility index (Phi) is 4.61. The number of fused-ring (bicyclic) bond motifs is 1. The Balaban J connectivity index is 1.56. The van der Waals surface area contributed by atoms with Crippen LogP contribution in [0.3, 0.4) is 0 Å². The quantitative estimate of drug-likeness (QED) is 0.774. The van der Waals surface area contributed by atoms with Gasteiger partial charge in [0.15, 0.2) is 6.73 Å². The molecule has 0 bridgehead atoms. The van der Waals surface area contributed by atoms with Gasteiger partial charge in [-0.25, -0.2) is 0 Å². The zero-order chi connectivity index (χ0) is 17.9. The fourth-order valence-electron chi connectivity index (χ4n) is 3.61. The molecule has 0 saturated carbocycles. The molecule has 26 heavy (non-hydrogen) atoms. The van der Waals surface area contributed by atoms with E-state index in [0.717, 1.165) is 61.3 Å². The van der Waals surface area contributed by atoms with E-state index in [2.05, 4.69) is 11.0 Å². The molecule has 1 saturated heterocycles. The summed E-state index contributed by atoms with van der Waals surface area (Å²) in [7, 11) is 0. The summed E-state index contributed by atoms with van der Waals surface area (Å²) < 4.78 is 5.84. The Hall–Kier alpha value is -2.82. The molecule has 1 amide bonds. The fraction of sp³-hybridized carbons (Fsp3) is 0.333. The van der Waals surface area contributed by atoms with E-state index in [9.17, 15) is 9.59 Å². The highest BCUT2D eigenvalue weighted by Gasteiger charge is 2.25. The molecule has 0 aromatic heterocycles. The fourth-order valence-corrected chi connectivity index (χ4v) is 3.61. The molecule has 2 aromatic carbocycles. The van der Waals surface area contributed by atoms with E-state index < -0.39 is 0 Å². The van der Waals surface area contributed by atoms with E-state index in [1.807, 2.05) is 41.3 Å². The van der Waals surface area contributed by atoms with Crippen molar-refractivity contribution in [1.29, 1.82) is 0 Å². The van der Waals surface area contributed by atoms with Gasteiger partial charge in [-0.2, -0.15) is 0 Å². The summed E-state index contributed by atoms with van der Waals surface area (Å²) in [6, 6.07) is 13.9. The molecule has 0 N–H and O–H groups in total. The van der Waals surface area contributed by atoms with Crippen LogP contribution in [-0.2, 0) is 11.2 Å². The molecule has 0 unspecified atom stereocenters. The molecule has 5 nitrogen and oxygen atoms in total. The molecule has 1 fully saturated rings. The highest BCUT2D eigenvalue weighted by atomic mass is 16.5. The van der Waals surface area contributed by atoms with Gasteiger partial charge in [-0.1, -0.05) is 12.1 Å². The predicted molar refractivity (Wildman–Crippen MR) is 100 cm³/mol. The Morgan fingerprint density at radius 1 is 1.12 bits per heavy atom. The maximum Gasteiger partial charge on any atom is 0.253 e. The van der Waals surface area contributed by atoms with Crippen molar-refractivity contribution in [1.82, 2.24) is 4.90 Å². The molecule has 2 heterocycles. The number of likely N-dealkylation sites (tertiary alicyclic amines) is 1. The summed E-state index contributed by atoms with van der Waals surface area (Å²) in [5.41, 5.74) is 3.82. The summed E-state index contributed by atoms with van der Waals surface area (Å²) >= 11 is 0. The van der Waals surface area contributed by atoms with Crippen LogP contribution in [-0.4, -0.2) is 36.9 Å². The van der Waals surface area contributed by atoms with Gasteiger partial charge in [0, 0.05) is 30.8 Å². The van der Waals surface area contributed by atoms with Crippen LogP contribution in [0, 0.1) is 0 Å². The van der Waals surface area contributed by atoms with Crippen molar-refractivity contribution in [3.63, 3.8) is 0 Å². The van der Waals surface area contributed by atoms with Crippen LogP contribution < -0.4 is 9.64 Å². The number of amides is 1. The zero-order valence-electron chi connectivity index (χ0n) is 14.7. The van der Waals surface area contributed by atoms with Gasteiger partial charge in [0.2, 0.25) is 0 Å². The van der Waals surface area contributed by atoms with Crippen molar-refractivity contribution in [3.05, 3.63) is 53.6 Å². The highest BCUT2D eigenvalue weighted by molar-refractivity contribution is 5.96. The Morgan fingerprint density at radius 3 is 2.77 bits per heavy atom. The van der Waals surface area contributed by atoms with Crippen LogP contribution in [0.15, 0.2) is 42.5 Å². The summed E-state index contributed by atoms with van der Waals surface area (Å²) in [5.74, 6) is 0.830. The summed E-state index contributed by atoms with van der Waals surface area (Å²) in [4.78, 5) is 27.2. The predicted octanol–water partition coefficient (Wildman–Crippen LogP) is 3.54. The summed E-state index contributed by atoms with van der Waals surface area (Å²) in [6.45, 7) is 2.11. The molecule has 4 rings (SSSR count). The lowest BCUT2D eigenvalue weighted by atomic mass is 10.1. The van der Waals surface area contributed by atoms with Gasteiger partial charge < -0.3 is 19.3 Å². The molecule has 0 atom stereocenters. The van der Waals surface area contributed by atoms with Gasteiger partial charge in [0.05, 0.1) is 5.69 Å². The third kappa shape index (κ3) is 3.17. The summed E-state index contributed by atoms with van der Waals surface area (Å²) in [5, 5.41) is 0. The molecule has 0 radical (unpaired) electrons. The van der Waals surface area contributed by atoms with Crippen molar-refractivity contribution in [2.45, 2.75) is 25.7 Å². The molecule has 0 spiro atoms. The highest BCUT2D eigenvalue weighted by Crippen LogP contribution is 2.39. The number of ether oxygens (including phenoxy) is 1. The number of hydrogen-bond donors (Lipinski definition) is 0. The number of aldehydes is 1. The summed E-state index contributed by atoms with van der Waals surface area (Å²) in [6.07, 6.45) is 4.38. The van der Waals surface area contributed by atoms with Crippen LogP contribution in [0.5, 0.6) is 5.75 Å². The molecule has 5 heteroatoms. The smallest absolute Gasteiger partial charge is 0.253 e. The van der Waals surface area contributed by atoms with Gasteiger partial charge >= 0.3 is 0 Å². The zero-order valence-corrected chi connectivity index (χ0v) is 14.7. The van der Waals surface area contributed by atoms with Gasteiger partial charge in [-0.3, -0.25) is 4.79 Å². The monoisotopic (exact) mass is 350 g/mol. The molecule has 2 aliphatic heterocycles. The second-order valence-corrected chi connectivity index (χ2v) is 6.76. The Bertz CT molecular complexity index is 828. The van der Waals surface area contributed by atoms with Crippen LogP contribution in [0.1, 0.15) is 35.2 Å². The lowest BCUT2D eigenvalue weighted by Gasteiger charge is -2.18. The van der Waals surface area contributed by atoms with Crippen LogP contribution in [0.2, 0.25) is 0 Å². The number of rotatable bonds is 5.